The summed E-state index contributed by atoms with van der Waals surface area (Å²) in [5.74, 6) is -2.01. The van der Waals surface area contributed by atoms with Crippen LogP contribution in [0.5, 0.6) is 11.8 Å². The van der Waals surface area contributed by atoms with Crippen molar-refractivity contribution in [3.8, 4) is 34.1 Å². The maximum atomic E-state index is 17.0. The zero-order chi connectivity index (χ0) is 52.5. The van der Waals surface area contributed by atoms with Crippen LogP contribution in [0.25, 0.3) is 44.1 Å². The molecule has 5 N–H and O–H groups in total. The summed E-state index contributed by atoms with van der Waals surface area (Å²) in [4.78, 5) is 61.6. The number of aromatic nitrogens is 3. The van der Waals surface area contributed by atoms with Gasteiger partial charge >= 0.3 is 6.01 Å². The third-order valence-corrected chi connectivity index (χ3v) is 15.5. The number of β-amino-alcohol motifs (C(OH)–C–C–N with tert-alkyl or cyclic N) is 1. The molecule has 2 bridgehead atoms. The molecular weight excluding hydrogens is 957 g/mol. The van der Waals surface area contributed by atoms with Crippen molar-refractivity contribution < 1.29 is 38.1 Å². The largest absolute Gasteiger partial charge is 0.508 e. The standard InChI is InChI=1S/C58H67F2N9O6/c1-34(35-18-20-37(21-19-35)36-12-6-5-7-13-36)62-55(73)47-28-43(71)32-69(47)56(74)53(58(2,3)4)64-48(72)17-8-9-24-67-25-11-15-41(67)33-75-57-65-52-45(54(66-57)68-30-39-22-23-40(31-68)63-39)29-61-51(50(52)60)44-27-42(70)26-38-14-10-16-46(59)49(38)44/h5-7,10,12-14,16,18-21,26-27,29,34,39-41,43,47,53,63,70-71H,8-9,11,15,17,22-25,28,30-33H2,1-4H3,(H,62,73)(H,64,72)/t34-,39?,40?,41-,43+,47-,53+/m0/s1. The third kappa shape index (κ3) is 11.3. The molecule has 394 valence electrons. The number of aliphatic hydroxyl groups is 1. The van der Waals surface area contributed by atoms with Crippen LogP contribution in [0.4, 0.5) is 14.6 Å². The Labute approximate surface area is 436 Å². The molecule has 6 heterocycles. The summed E-state index contributed by atoms with van der Waals surface area (Å²) in [6.07, 6.45) is 6.06. The number of anilines is 1. The van der Waals surface area contributed by atoms with Gasteiger partial charge in [-0.3, -0.25) is 24.3 Å². The number of piperazine rings is 1. The first-order valence-corrected chi connectivity index (χ1v) is 26.5. The van der Waals surface area contributed by atoms with Gasteiger partial charge in [0.05, 0.1) is 17.5 Å². The van der Waals surface area contributed by atoms with Crippen molar-refractivity contribution in [3.63, 3.8) is 0 Å². The van der Waals surface area contributed by atoms with Crippen molar-refractivity contribution in [1.82, 2.24) is 40.7 Å². The highest BCUT2D eigenvalue weighted by Crippen LogP contribution is 2.39. The van der Waals surface area contributed by atoms with Gasteiger partial charge in [0.15, 0.2) is 5.82 Å². The lowest BCUT2D eigenvalue weighted by atomic mass is 9.85. The second-order valence-electron chi connectivity index (χ2n) is 22.0. The summed E-state index contributed by atoms with van der Waals surface area (Å²) in [6.45, 7) is 10.6. The minimum Gasteiger partial charge on any atom is -0.508 e. The summed E-state index contributed by atoms with van der Waals surface area (Å²) < 4.78 is 38.7. The van der Waals surface area contributed by atoms with Crippen LogP contribution < -0.4 is 25.6 Å². The van der Waals surface area contributed by atoms with Crippen molar-refractivity contribution in [3.05, 3.63) is 108 Å². The van der Waals surface area contributed by atoms with E-state index in [1.165, 1.54) is 35.4 Å². The van der Waals surface area contributed by atoms with Crippen molar-refractivity contribution >= 4 is 45.2 Å². The zero-order valence-corrected chi connectivity index (χ0v) is 43.1. The number of amides is 3. The number of phenolic OH excluding ortho intramolecular Hbond substituents is 1. The molecule has 4 aromatic carbocycles. The Balaban J connectivity index is 0.763. The van der Waals surface area contributed by atoms with E-state index in [2.05, 4.69) is 35.7 Å². The Hall–Kier alpha value is -6.82. The van der Waals surface area contributed by atoms with E-state index in [4.69, 9.17) is 9.72 Å². The number of halogens is 2. The van der Waals surface area contributed by atoms with Crippen LogP contribution in [-0.2, 0) is 14.4 Å². The molecule has 17 heteroatoms. The van der Waals surface area contributed by atoms with Gasteiger partial charge in [0.25, 0.3) is 0 Å². The van der Waals surface area contributed by atoms with E-state index in [-0.39, 0.29) is 95.9 Å². The molecule has 0 spiro atoms. The molecule has 4 aliphatic heterocycles. The van der Waals surface area contributed by atoms with E-state index in [9.17, 15) is 24.6 Å². The number of unbranched alkanes of at least 4 members (excludes halogenated alkanes) is 1. The smallest absolute Gasteiger partial charge is 0.319 e. The molecule has 3 amide bonds. The number of hydrogen-bond donors (Lipinski definition) is 5. The fourth-order valence-corrected chi connectivity index (χ4v) is 11.5. The van der Waals surface area contributed by atoms with Crippen LogP contribution in [-0.4, -0.2) is 128 Å². The molecule has 75 heavy (non-hydrogen) atoms. The summed E-state index contributed by atoms with van der Waals surface area (Å²) >= 11 is 0. The third-order valence-electron chi connectivity index (χ3n) is 15.5. The fourth-order valence-electron chi connectivity index (χ4n) is 11.5. The predicted octanol–water partition coefficient (Wildman–Crippen LogP) is 7.82. The quantitative estimate of drug-likeness (QED) is 0.0594. The summed E-state index contributed by atoms with van der Waals surface area (Å²) in [5, 5.41) is 32.0. The van der Waals surface area contributed by atoms with E-state index >= 15 is 8.78 Å². The number of carbonyl (C=O) groups is 3. The molecule has 7 atom stereocenters. The van der Waals surface area contributed by atoms with Gasteiger partial charge < -0.3 is 40.7 Å². The summed E-state index contributed by atoms with van der Waals surface area (Å²) in [5.41, 5.74) is 2.32. The number of likely N-dealkylation sites (tertiary alicyclic amines) is 2. The number of benzene rings is 4. The Morgan fingerprint density at radius 1 is 0.893 bits per heavy atom. The maximum Gasteiger partial charge on any atom is 0.319 e. The number of carbonyl (C=O) groups excluding carboxylic acids is 3. The number of phenols is 1. The molecule has 2 unspecified atom stereocenters. The molecule has 2 aromatic heterocycles. The summed E-state index contributed by atoms with van der Waals surface area (Å²) in [6, 6.07) is 23.6. The van der Waals surface area contributed by atoms with Gasteiger partial charge in [-0.1, -0.05) is 87.5 Å². The highest BCUT2D eigenvalue weighted by atomic mass is 19.1. The average Bonchev–Trinajstić information content (AvgIpc) is 4.12. The molecule has 4 fully saturated rings. The van der Waals surface area contributed by atoms with E-state index in [1.54, 1.807) is 6.07 Å². The van der Waals surface area contributed by atoms with Gasteiger partial charge in [-0.05, 0) is 104 Å². The number of pyridine rings is 1. The van der Waals surface area contributed by atoms with Crippen molar-refractivity contribution in [2.45, 2.75) is 121 Å². The van der Waals surface area contributed by atoms with Crippen molar-refractivity contribution in [1.29, 1.82) is 0 Å². The topological polar surface area (TPSA) is 185 Å². The number of rotatable bonds is 16. The number of nitrogens with zero attached hydrogens (tertiary/aromatic N) is 6. The van der Waals surface area contributed by atoms with Gasteiger partial charge in [0, 0.05) is 67.7 Å². The van der Waals surface area contributed by atoms with Crippen molar-refractivity contribution in [2.75, 3.05) is 44.2 Å². The normalized spacial score (nSPS) is 21.7. The van der Waals surface area contributed by atoms with Crippen LogP contribution in [0.3, 0.4) is 0 Å². The summed E-state index contributed by atoms with van der Waals surface area (Å²) in [7, 11) is 0. The minimum absolute atomic E-state index is 0.00872. The number of hydrogen-bond acceptors (Lipinski definition) is 12. The Morgan fingerprint density at radius 3 is 2.39 bits per heavy atom. The van der Waals surface area contributed by atoms with Gasteiger partial charge in [0.1, 0.15) is 47.3 Å². The molecule has 0 aliphatic carbocycles. The number of ether oxygens (including phenoxy) is 1. The van der Waals surface area contributed by atoms with Gasteiger partial charge in [-0.2, -0.15) is 9.97 Å². The predicted molar refractivity (Wildman–Crippen MR) is 284 cm³/mol. The molecule has 10 rings (SSSR count). The zero-order valence-electron chi connectivity index (χ0n) is 43.1. The van der Waals surface area contributed by atoms with Gasteiger partial charge in [0.2, 0.25) is 17.7 Å². The van der Waals surface area contributed by atoms with Crippen LogP contribution >= 0.6 is 0 Å². The second-order valence-corrected chi connectivity index (χ2v) is 22.0. The Bertz CT molecular complexity index is 3060. The molecule has 4 saturated heterocycles. The highest BCUT2D eigenvalue weighted by molar-refractivity contribution is 6.00. The van der Waals surface area contributed by atoms with Crippen molar-refractivity contribution in [2.24, 2.45) is 5.41 Å². The lowest BCUT2D eigenvalue weighted by molar-refractivity contribution is -0.144. The molecular formula is C58H67F2N9O6. The number of aromatic hydroxyl groups is 1. The number of fused-ring (bicyclic) bond motifs is 4. The molecule has 15 nitrogen and oxygen atoms in total. The monoisotopic (exact) mass is 1020 g/mol. The van der Waals surface area contributed by atoms with E-state index in [1.807, 2.05) is 82.3 Å². The highest BCUT2D eigenvalue weighted by Gasteiger charge is 2.45. The minimum atomic E-state index is -0.931. The van der Waals surface area contributed by atoms with Crippen LogP contribution in [0.15, 0.2) is 91.1 Å². The average molecular weight is 1020 g/mol. The second kappa shape index (κ2) is 21.8. The van der Waals surface area contributed by atoms with Gasteiger partial charge in [-0.15, -0.1) is 0 Å². The van der Waals surface area contributed by atoms with Crippen LogP contribution in [0.2, 0.25) is 0 Å². The first-order chi connectivity index (χ1) is 36.1. The van der Waals surface area contributed by atoms with E-state index in [0.717, 1.165) is 48.9 Å². The molecule has 0 saturated carbocycles. The number of nitrogens with one attached hydrogen (secondary N) is 3. The maximum absolute atomic E-state index is 17.0. The van der Waals surface area contributed by atoms with Gasteiger partial charge in [-0.25, -0.2) is 8.78 Å². The molecule has 6 aromatic rings. The first kappa shape index (κ1) is 51.7. The lowest BCUT2D eigenvalue weighted by Gasteiger charge is -2.35. The fraction of sp³-hybridized carbons (Fsp3) is 0.448. The number of aliphatic hydroxyl groups excluding tert-OH is 1. The molecule has 4 aliphatic rings. The Morgan fingerprint density at radius 2 is 1.64 bits per heavy atom. The Kier molecular flexibility index (Phi) is 15.0. The lowest BCUT2D eigenvalue weighted by Crippen LogP contribution is -2.57. The van der Waals surface area contributed by atoms with E-state index < -0.39 is 41.1 Å². The first-order valence-electron chi connectivity index (χ1n) is 26.5. The SMILES string of the molecule is C[C@H](NC(=O)[C@@H]1C[C@@H](O)CN1C(=O)[C@@H](NC(=O)CCCCN1CCC[C@H]1COc1nc(N2CC3CCC(C2)N3)c2cnc(-c3cc(O)cc4cccc(F)c34)c(F)c2n1)C(C)(C)C)c1ccc(-c2ccccc2)cc1. The van der Waals surface area contributed by atoms with Crippen LogP contribution in [0, 0.1) is 17.0 Å². The van der Waals surface area contributed by atoms with E-state index in [0.29, 0.717) is 49.1 Å². The van der Waals surface area contributed by atoms with Crippen LogP contribution in [0.1, 0.15) is 90.7 Å². The molecule has 0 radical (unpaired) electrons.